The van der Waals surface area contributed by atoms with E-state index in [0.29, 0.717) is 17.1 Å². The summed E-state index contributed by atoms with van der Waals surface area (Å²) < 4.78 is 0. The summed E-state index contributed by atoms with van der Waals surface area (Å²) in [6.07, 6.45) is 4.40. The number of carbonyl (C=O) groups is 1. The van der Waals surface area contributed by atoms with Crippen LogP contribution in [-0.2, 0) is 4.79 Å². The standard InChI is InChI=1S/C18H15ClN4O2/c1-12(19)11-14(13(2)24)18(25)23-22-17(15-7-3-5-9-20-15)16-8-4-6-10-21-16/h3-11,24H,1-2H2,(H,23,25)/b14-11+. The summed E-state index contributed by atoms with van der Waals surface area (Å²) in [6.45, 7) is 6.78. The molecule has 0 fully saturated rings. The quantitative estimate of drug-likeness (QED) is 0.274. The Morgan fingerprint density at radius 1 is 1.12 bits per heavy atom. The molecule has 25 heavy (non-hydrogen) atoms. The Morgan fingerprint density at radius 2 is 1.68 bits per heavy atom. The summed E-state index contributed by atoms with van der Waals surface area (Å²) in [4.78, 5) is 20.7. The third-order valence-corrected chi connectivity index (χ3v) is 3.05. The highest BCUT2D eigenvalue weighted by Gasteiger charge is 2.14. The average Bonchev–Trinajstić information content (AvgIpc) is 2.61. The van der Waals surface area contributed by atoms with Gasteiger partial charge in [0.1, 0.15) is 11.5 Å². The van der Waals surface area contributed by atoms with Gasteiger partial charge in [0.25, 0.3) is 5.91 Å². The Balaban J connectivity index is 2.37. The average molecular weight is 355 g/mol. The number of nitrogens with one attached hydrogen (secondary N) is 1. The van der Waals surface area contributed by atoms with Crippen molar-refractivity contribution < 1.29 is 9.90 Å². The van der Waals surface area contributed by atoms with E-state index in [-0.39, 0.29) is 10.6 Å². The van der Waals surface area contributed by atoms with Gasteiger partial charge in [-0.1, -0.05) is 36.9 Å². The van der Waals surface area contributed by atoms with Gasteiger partial charge in [-0.15, -0.1) is 0 Å². The first-order chi connectivity index (χ1) is 12.0. The van der Waals surface area contributed by atoms with Gasteiger partial charge in [-0.2, -0.15) is 5.10 Å². The molecule has 0 aliphatic rings. The number of hydrogen-bond acceptors (Lipinski definition) is 5. The number of carbonyl (C=O) groups excluding carboxylic acids is 1. The van der Waals surface area contributed by atoms with Crippen LogP contribution < -0.4 is 5.43 Å². The summed E-state index contributed by atoms with van der Waals surface area (Å²) in [6, 6.07) is 10.6. The Labute approximate surface area is 149 Å². The van der Waals surface area contributed by atoms with Gasteiger partial charge in [0.2, 0.25) is 0 Å². The maximum atomic E-state index is 12.2. The summed E-state index contributed by atoms with van der Waals surface area (Å²) in [5.74, 6) is -1.15. The van der Waals surface area contributed by atoms with Crippen LogP contribution in [0.2, 0.25) is 0 Å². The molecule has 0 spiro atoms. The van der Waals surface area contributed by atoms with Crippen molar-refractivity contribution in [1.29, 1.82) is 0 Å². The minimum atomic E-state index is -0.696. The van der Waals surface area contributed by atoms with Crippen LogP contribution in [-0.4, -0.2) is 26.7 Å². The van der Waals surface area contributed by atoms with Crippen molar-refractivity contribution >= 4 is 23.2 Å². The molecule has 0 aliphatic heterocycles. The Kier molecular flexibility index (Phi) is 6.20. The first-order valence-electron chi connectivity index (χ1n) is 7.14. The van der Waals surface area contributed by atoms with Crippen LogP contribution in [0.1, 0.15) is 11.4 Å². The SMILES string of the molecule is C=C(Cl)/C=C(\C(=C)O)C(=O)NN=C(c1ccccn1)c1ccccn1. The minimum Gasteiger partial charge on any atom is -0.508 e. The number of hydrazone groups is 1. The molecule has 2 rings (SSSR count). The number of allylic oxidation sites excluding steroid dienone is 2. The molecular formula is C18H15ClN4O2. The third-order valence-electron chi connectivity index (χ3n) is 2.94. The largest absolute Gasteiger partial charge is 0.508 e. The monoisotopic (exact) mass is 354 g/mol. The maximum absolute atomic E-state index is 12.2. The number of aromatic nitrogens is 2. The molecule has 2 heterocycles. The maximum Gasteiger partial charge on any atom is 0.275 e. The summed E-state index contributed by atoms with van der Waals surface area (Å²) >= 11 is 5.66. The normalized spacial score (nSPS) is 10.7. The van der Waals surface area contributed by atoms with Gasteiger partial charge in [-0.05, 0) is 30.3 Å². The fraction of sp³-hybridized carbons (Fsp3) is 0. The van der Waals surface area contributed by atoms with Gasteiger partial charge in [0.15, 0.2) is 0 Å². The highest BCUT2D eigenvalue weighted by Crippen LogP contribution is 2.11. The molecular weight excluding hydrogens is 340 g/mol. The molecule has 2 aromatic heterocycles. The number of rotatable bonds is 6. The number of nitrogens with zero attached hydrogens (tertiary/aromatic N) is 3. The Morgan fingerprint density at radius 3 is 2.08 bits per heavy atom. The van der Waals surface area contributed by atoms with Crippen molar-refractivity contribution in [3.05, 3.63) is 95.8 Å². The second kappa shape index (κ2) is 8.56. The zero-order valence-electron chi connectivity index (χ0n) is 13.2. The van der Waals surface area contributed by atoms with Crippen molar-refractivity contribution in [2.24, 2.45) is 5.10 Å². The first kappa shape index (κ1) is 18.1. The summed E-state index contributed by atoms with van der Waals surface area (Å²) in [7, 11) is 0. The minimum absolute atomic E-state index is 0.0685. The lowest BCUT2D eigenvalue weighted by Gasteiger charge is -2.07. The van der Waals surface area contributed by atoms with E-state index in [1.807, 2.05) is 0 Å². The van der Waals surface area contributed by atoms with Gasteiger partial charge in [0, 0.05) is 17.4 Å². The van der Waals surface area contributed by atoms with Crippen LogP contribution in [0.15, 0.2) is 89.5 Å². The zero-order chi connectivity index (χ0) is 18.2. The van der Waals surface area contributed by atoms with Crippen LogP contribution in [0, 0.1) is 0 Å². The number of amides is 1. The van der Waals surface area contributed by atoms with E-state index in [1.54, 1.807) is 48.8 Å². The van der Waals surface area contributed by atoms with Gasteiger partial charge in [-0.25, -0.2) is 5.43 Å². The molecule has 0 radical (unpaired) electrons. The van der Waals surface area contributed by atoms with E-state index in [4.69, 9.17) is 11.6 Å². The summed E-state index contributed by atoms with van der Waals surface area (Å²) in [5, 5.41) is 13.7. The Bertz CT molecular complexity index is 804. The van der Waals surface area contributed by atoms with Crippen LogP contribution >= 0.6 is 11.6 Å². The number of pyridine rings is 2. The molecule has 6 nitrogen and oxygen atoms in total. The molecule has 0 saturated heterocycles. The van der Waals surface area contributed by atoms with Crippen molar-refractivity contribution in [2.75, 3.05) is 0 Å². The number of aliphatic hydroxyl groups is 1. The van der Waals surface area contributed by atoms with Crippen LogP contribution in [0.3, 0.4) is 0 Å². The van der Waals surface area contributed by atoms with E-state index < -0.39 is 11.7 Å². The molecule has 0 bridgehead atoms. The smallest absolute Gasteiger partial charge is 0.275 e. The molecule has 1 amide bonds. The molecule has 0 saturated carbocycles. The Hall–Kier alpha value is -3.25. The van der Waals surface area contributed by atoms with Crippen molar-refractivity contribution in [3.8, 4) is 0 Å². The van der Waals surface area contributed by atoms with E-state index in [2.05, 4.69) is 33.7 Å². The van der Waals surface area contributed by atoms with E-state index in [1.165, 1.54) is 6.08 Å². The molecule has 7 heteroatoms. The first-order valence-corrected chi connectivity index (χ1v) is 7.52. The zero-order valence-corrected chi connectivity index (χ0v) is 13.9. The van der Waals surface area contributed by atoms with Gasteiger partial charge in [-0.3, -0.25) is 14.8 Å². The fourth-order valence-corrected chi connectivity index (χ4v) is 1.96. The predicted molar refractivity (Wildman–Crippen MR) is 97.1 cm³/mol. The van der Waals surface area contributed by atoms with E-state index in [0.717, 1.165) is 0 Å². The third kappa shape index (κ3) is 5.12. The summed E-state index contributed by atoms with van der Waals surface area (Å²) in [5.41, 5.74) is 3.61. The van der Waals surface area contributed by atoms with E-state index >= 15 is 0 Å². The van der Waals surface area contributed by atoms with Crippen LogP contribution in [0.25, 0.3) is 0 Å². The van der Waals surface area contributed by atoms with Crippen LogP contribution in [0.4, 0.5) is 0 Å². The lowest BCUT2D eigenvalue weighted by Crippen LogP contribution is -2.23. The second-order valence-corrected chi connectivity index (χ2v) is 5.27. The van der Waals surface area contributed by atoms with Gasteiger partial charge < -0.3 is 5.11 Å². The number of hydrogen-bond donors (Lipinski definition) is 2. The molecule has 0 atom stereocenters. The van der Waals surface area contributed by atoms with E-state index in [9.17, 15) is 9.90 Å². The fourth-order valence-electron chi connectivity index (χ4n) is 1.85. The molecule has 2 aromatic rings. The highest BCUT2D eigenvalue weighted by molar-refractivity contribution is 6.31. The number of aliphatic hydroxyl groups excluding tert-OH is 1. The molecule has 0 aromatic carbocycles. The van der Waals surface area contributed by atoms with Gasteiger partial charge >= 0.3 is 0 Å². The highest BCUT2D eigenvalue weighted by atomic mass is 35.5. The molecule has 0 unspecified atom stereocenters. The van der Waals surface area contributed by atoms with Crippen LogP contribution in [0.5, 0.6) is 0 Å². The molecule has 2 N–H and O–H groups in total. The predicted octanol–water partition coefficient (Wildman–Crippen LogP) is 3.10. The molecule has 126 valence electrons. The topological polar surface area (TPSA) is 87.5 Å². The van der Waals surface area contributed by atoms with Crippen molar-refractivity contribution in [3.63, 3.8) is 0 Å². The van der Waals surface area contributed by atoms with Gasteiger partial charge in [0.05, 0.1) is 17.0 Å². The molecule has 0 aliphatic carbocycles. The lowest BCUT2D eigenvalue weighted by atomic mass is 10.1. The second-order valence-electron chi connectivity index (χ2n) is 4.78. The number of halogens is 1. The lowest BCUT2D eigenvalue weighted by molar-refractivity contribution is -0.117. The van der Waals surface area contributed by atoms with Crippen molar-refractivity contribution in [1.82, 2.24) is 15.4 Å². The van der Waals surface area contributed by atoms with Crippen molar-refractivity contribution in [2.45, 2.75) is 0 Å².